The van der Waals surface area contributed by atoms with Crippen molar-refractivity contribution in [1.29, 1.82) is 0 Å². The number of amides is 1. The van der Waals surface area contributed by atoms with Gasteiger partial charge in [-0.05, 0) is 61.5 Å². The van der Waals surface area contributed by atoms with Crippen molar-refractivity contribution in [3.8, 4) is 11.4 Å². The first-order chi connectivity index (χ1) is 16.1. The maximum Gasteiger partial charge on any atom is 0.255 e. The molecule has 168 valence electrons. The summed E-state index contributed by atoms with van der Waals surface area (Å²) in [5.41, 5.74) is 5.28. The Morgan fingerprint density at radius 1 is 1.00 bits per heavy atom. The molecule has 0 spiro atoms. The van der Waals surface area contributed by atoms with Crippen molar-refractivity contribution in [2.75, 3.05) is 45.1 Å². The molecule has 3 heterocycles. The van der Waals surface area contributed by atoms with E-state index in [9.17, 15) is 4.79 Å². The van der Waals surface area contributed by atoms with E-state index in [2.05, 4.69) is 49.2 Å². The van der Waals surface area contributed by atoms with Crippen LogP contribution >= 0.6 is 0 Å². The summed E-state index contributed by atoms with van der Waals surface area (Å²) in [6, 6.07) is 17.5. The molecule has 1 fully saturated rings. The topological polar surface area (TPSA) is 77.2 Å². The summed E-state index contributed by atoms with van der Waals surface area (Å²) in [7, 11) is 2.18. The Hall–Kier alpha value is -3.55. The van der Waals surface area contributed by atoms with Gasteiger partial charge in [0, 0.05) is 61.9 Å². The minimum Gasteiger partial charge on any atom is -0.338 e. The SMILES string of the molecule is CN1CCN(CCc2ccc(NC(=O)c3ccc4nc(-c5ccncc5)[nH]c4c3)cc2)CC1. The Balaban J connectivity index is 1.21. The highest BCUT2D eigenvalue weighted by Gasteiger charge is 2.14. The number of carbonyl (C=O) groups excluding carboxylic acids is 1. The van der Waals surface area contributed by atoms with Gasteiger partial charge in [0.25, 0.3) is 5.91 Å². The lowest BCUT2D eigenvalue weighted by Crippen LogP contribution is -2.45. The minimum absolute atomic E-state index is 0.137. The molecule has 4 aromatic rings. The van der Waals surface area contributed by atoms with Crippen LogP contribution in [-0.2, 0) is 6.42 Å². The van der Waals surface area contributed by atoms with Crippen LogP contribution in [0, 0.1) is 0 Å². The third-order valence-corrected chi connectivity index (χ3v) is 6.22. The highest BCUT2D eigenvalue weighted by atomic mass is 16.1. The average Bonchev–Trinajstić information content (AvgIpc) is 3.29. The van der Waals surface area contributed by atoms with E-state index in [0.29, 0.717) is 5.56 Å². The van der Waals surface area contributed by atoms with Crippen molar-refractivity contribution in [3.63, 3.8) is 0 Å². The highest BCUT2D eigenvalue weighted by Crippen LogP contribution is 2.21. The van der Waals surface area contributed by atoms with Crippen molar-refractivity contribution in [2.45, 2.75) is 6.42 Å². The number of hydrogen-bond acceptors (Lipinski definition) is 5. The van der Waals surface area contributed by atoms with E-state index in [-0.39, 0.29) is 5.91 Å². The van der Waals surface area contributed by atoms with E-state index in [0.717, 1.165) is 67.3 Å². The minimum atomic E-state index is -0.137. The molecule has 1 aliphatic rings. The molecule has 0 aliphatic carbocycles. The number of piperazine rings is 1. The van der Waals surface area contributed by atoms with E-state index in [1.165, 1.54) is 5.56 Å². The van der Waals surface area contributed by atoms with E-state index < -0.39 is 0 Å². The van der Waals surface area contributed by atoms with Crippen molar-refractivity contribution < 1.29 is 4.79 Å². The molecule has 2 aromatic carbocycles. The number of fused-ring (bicyclic) bond motifs is 1. The molecule has 33 heavy (non-hydrogen) atoms. The molecule has 7 heteroatoms. The van der Waals surface area contributed by atoms with Crippen LogP contribution in [0.3, 0.4) is 0 Å². The van der Waals surface area contributed by atoms with Gasteiger partial charge in [0.2, 0.25) is 0 Å². The zero-order valence-corrected chi connectivity index (χ0v) is 18.8. The molecule has 0 radical (unpaired) electrons. The van der Waals surface area contributed by atoms with Gasteiger partial charge in [0.1, 0.15) is 5.82 Å². The summed E-state index contributed by atoms with van der Waals surface area (Å²) in [6.45, 7) is 5.62. The van der Waals surface area contributed by atoms with Gasteiger partial charge in [-0.3, -0.25) is 9.78 Å². The third-order valence-electron chi connectivity index (χ3n) is 6.22. The molecule has 1 saturated heterocycles. The number of likely N-dealkylation sites (N-methyl/N-ethyl adjacent to an activating group) is 1. The van der Waals surface area contributed by atoms with Crippen LogP contribution in [0.15, 0.2) is 67.0 Å². The average molecular weight is 441 g/mol. The summed E-state index contributed by atoms with van der Waals surface area (Å²) in [5.74, 6) is 0.624. The molecule has 5 rings (SSSR count). The molecule has 0 saturated carbocycles. The number of nitrogens with one attached hydrogen (secondary N) is 2. The Kier molecular flexibility index (Phi) is 6.15. The highest BCUT2D eigenvalue weighted by molar-refractivity contribution is 6.06. The summed E-state index contributed by atoms with van der Waals surface area (Å²) >= 11 is 0. The molecular formula is C26H28N6O. The first-order valence-electron chi connectivity index (χ1n) is 11.4. The Morgan fingerprint density at radius 3 is 2.52 bits per heavy atom. The maximum atomic E-state index is 12.8. The van der Waals surface area contributed by atoms with Crippen molar-refractivity contribution in [2.24, 2.45) is 0 Å². The maximum absolute atomic E-state index is 12.8. The van der Waals surface area contributed by atoms with Crippen molar-refractivity contribution in [1.82, 2.24) is 24.8 Å². The number of pyridine rings is 1. The Labute approximate surface area is 193 Å². The standard InChI is InChI=1S/C26H28N6O/c1-31-14-16-32(17-15-31)13-10-19-2-5-22(6-3-19)28-26(33)21-4-7-23-24(18-21)30-25(29-23)20-8-11-27-12-9-20/h2-9,11-12,18H,10,13-17H2,1H3,(H,28,33)(H,29,30). The van der Waals surface area contributed by atoms with Crippen LogP contribution in [0.25, 0.3) is 22.4 Å². The predicted molar refractivity (Wildman–Crippen MR) is 131 cm³/mol. The molecule has 0 bridgehead atoms. The number of benzene rings is 2. The fraction of sp³-hybridized carbons (Fsp3) is 0.269. The van der Waals surface area contributed by atoms with Crippen LogP contribution in [0.5, 0.6) is 0 Å². The fourth-order valence-electron chi connectivity index (χ4n) is 4.11. The number of aromatic amines is 1. The number of anilines is 1. The molecule has 1 amide bonds. The van der Waals surface area contributed by atoms with Crippen LogP contribution in [0.4, 0.5) is 5.69 Å². The summed E-state index contributed by atoms with van der Waals surface area (Å²) < 4.78 is 0. The first kappa shape index (κ1) is 21.3. The largest absolute Gasteiger partial charge is 0.338 e. The van der Waals surface area contributed by atoms with Crippen molar-refractivity contribution >= 4 is 22.6 Å². The Bertz CT molecular complexity index is 1230. The van der Waals surface area contributed by atoms with Gasteiger partial charge in [0.15, 0.2) is 0 Å². The van der Waals surface area contributed by atoms with Crippen LogP contribution in [0.2, 0.25) is 0 Å². The Morgan fingerprint density at radius 2 is 1.76 bits per heavy atom. The molecule has 0 atom stereocenters. The third kappa shape index (κ3) is 5.10. The van der Waals surface area contributed by atoms with Gasteiger partial charge < -0.3 is 20.1 Å². The second kappa shape index (κ2) is 9.52. The fourth-order valence-corrected chi connectivity index (χ4v) is 4.11. The normalized spacial score (nSPS) is 15.1. The lowest BCUT2D eigenvalue weighted by atomic mass is 10.1. The monoisotopic (exact) mass is 440 g/mol. The van der Waals surface area contributed by atoms with E-state index in [4.69, 9.17) is 0 Å². The summed E-state index contributed by atoms with van der Waals surface area (Å²) in [5, 5.41) is 3.00. The zero-order valence-electron chi connectivity index (χ0n) is 18.8. The van der Waals surface area contributed by atoms with Gasteiger partial charge in [0.05, 0.1) is 11.0 Å². The van der Waals surface area contributed by atoms with Gasteiger partial charge in [-0.25, -0.2) is 4.98 Å². The van der Waals surface area contributed by atoms with E-state index in [1.54, 1.807) is 18.5 Å². The number of H-pyrrole nitrogens is 1. The lowest BCUT2D eigenvalue weighted by Gasteiger charge is -2.32. The van der Waals surface area contributed by atoms with Gasteiger partial charge in [-0.15, -0.1) is 0 Å². The molecular weight excluding hydrogens is 412 g/mol. The van der Waals surface area contributed by atoms with Gasteiger partial charge >= 0.3 is 0 Å². The van der Waals surface area contributed by atoms with Crippen molar-refractivity contribution in [3.05, 3.63) is 78.1 Å². The molecule has 2 N–H and O–H groups in total. The second-order valence-electron chi connectivity index (χ2n) is 8.60. The number of nitrogens with zero attached hydrogens (tertiary/aromatic N) is 4. The molecule has 7 nitrogen and oxygen atoms in total. The second-order valence-corrected chi connectivity index (χ2v) is 8.60. The van der Waals surface area contributed by atoms with E-state index >= 15 is 0 Å². The molecule has 0 unspecified atom stereocenters. The number of hydrogen-bond donors (Lipinski definition) is 2. The number of rotatable bonds is 6. The number of imidazole rings is 1. The molecule has 2 aromatic heterocycles. The molecule has 1 aliphatic heterocycles. The van der Waals surface area contributed by atoms with Crippen LogP contribution in [-0.4, -0.2) is 70.4 Å². The quantitative estimate of drug-likeness (QED) is 0.478. The smallest absolute Gasteiger partial charge is 0.255 e. The van der Waals surface area contributed by atoms with Crippen LogP contribution in [0.1, 0.15) is 15.9 Å². The summed E-state index contributed by atoms with van der Waals surface area (Å²) in [6.07, 6.45) is 4.49. The predicted octanol–water partition coefficient (Wildman–Crippen LogP) is 3.67. The first-order valence-corrected chi connectivity index (χ1v) is 11.4. The van der Waals surface area contributed by atoms with Crippen LogP contribution < -0.4 is 5.32 Å². The number of carbonyl (C=O) groups is 1. The van der Waals surface area contributed by atoms with E-state index in [1.807, 2.05) is 36.4 Å². The van der Waals surface area contributed by atoms with Gasteiger partial charge in [-0.2, -0.15) is 0 Å². The zero-order chi connectivity index (χ0) is 22.6. The lowest BCUT2D eigenvalue weighted by molar-refractivity contribution is 0.102. The van der Waals surface area contributed by atoms with Gasteiger partial charge in [-0.1, -0.05) is 12.1 Å². The summed E-state index contributed by atoms with van der Waals surface area (Å²) in [4.78, 5) is 29.7. The number of aromatic nitrogens is 3.